The average molecular weight is 360 g/mol. The highest BCUT2D eigenvalue weighted by molar-refractivity contribution is 6.08. The van der Waals surface area contributed by atoms with E-state index in [1.807, 2.05) is 53.4 Å². The highest BCUT2D eigenvalue weighted by Gasteiger charge is 2.40. The quantitative estimate of drug-likeness (QED) is 0.710. The third-order valence-electron chi connectivity index (χ3n) is 5.12. The number of fused-ring (bicyclic) bond motifs is 1. The molecule has 1 heterocycles. The maximum atomic E-state index is 13.4. The molecule has 1 unspecified atom stereocenters. The molecule has 2 aromatic rings. The Balaban J connectivity index is 2.19. The van der Waals surface area contributed by atoms with Crippen molar-refractivity contribution in [1.29, 1.82) is 5.26 Å². The topological polar surface area (TPSA) is 53.3 Å². The zero-order valence-electron chi connectivity index (χ0n) is 16.2. The van der Waals surface area contributed by atoms with Crippen LogP contribution in [0.1, 0.15) is 54.6 Å². The Labute approximate surface area is 160 Å². The maximum Gasteiger partial charge on any atom is 0.258 e. The van der Waals surface area contributed by atoms with Gasteiger partial charge in [-0.2, -0.15) is 5.26 Å². The summed E-state index contributed by atoms with van der Waals surface area (Å²) < 4.78 is 5.55. The van der Waals surface area contributed by atoms with Crippen LogP contribution in [0.2, 0.25) is 0 Å². The molecule has 0 fully saturated rings. The molecule has 0 saturated heterocycles. The summed E-state index contributed by atoms with van der Waals surface area (Å²) in [5.41, 5.74) is 3.15. The molecular formula is C23H24N2O2. The van der Waals surface area contributed by atoms with Gasteiger partial charge in [0.25, 0.3) is 5.91 Å². The van der Waals surface area contributed by atoms with Gasteiger partial charge in [0.05, 0.1) is 18.9 Å². The van der Waals surface area contributed by atoms with Crippen molar-refractivity contribution in [2.45, 2.75) is 38.6 Å². The highest BCUT2D eigenvalue weighted by Crippen LogP contribution is 2.46. The van der Waals surface area contributed by atoms with Crippen molar-refractivity contribution >= 4 is 17.7 Å². The van der Waals surface area contributed by atoms with Crippen molar-refractivity contribution in [3.63, 3.8) is 0 Å². The van der Waals surface area contributed by atoms with Crippen molar-refractivity contribution in [2.75, 3.05) is 12.0 Å². The van der Waals surface area contributed by atoms with Gasteiger partial charge in [-0.3, -0.25) is 4.79 Å². The molecule has 2 aromatic carbocycles. The lowest BCUT2D eigenvalue weighted by Crippen LogP contribution is -2.51. The van der Waals surface area contributed by atoms with Gasteiger partial charge in [-0.15, -0.1) is 0 Å². The first-order valence-electron chi connectivity index (χ1n) is 9.06. The second kappa shape index (κ2) is 7.28. The van der Waals surface area contributed by atoms with E-state index in [2.05, 4.69) is 20.8 Å². The lowest BCUT2D eigenvalue weighted by Gasteiger charge is -2.46. The molecule has 0 radical (unpaired) electrons. The molecule has 138 valence electrons. The first kappa shape index (κ1) is 18.7. The van der Waals surface area contributed by atoms with Crippen molar-refractivity contribution in [3.05, 3.63) is 65.2 Å². The second-order valence-corrected chi connectivity index (χ2v) is 7.54. The maximum absolute atomic E-state index is 13.4. The van der Waals surface area contributed by atoms with E-state index in [1.165, 1.54) is 6.08 Å². The number of methoxy groups -OCH3 is 1. The van der Waals surface area contributed by atoms with E-state index < -0.39 is 0 Å². The summed E-state index contributed by atoms with van der Waals surface area (Å²) in [7, 11) is 1.60. The Bertz CT molecular complexity index is 923. The number of rotatable bonds is 3. The van der Waals surface area contributed by atoms with Gasteiger partial charge in [-0.1, -0.05) is 25.1 Å². The fourth-order valence-corrected chi connectivity index (χ4v) is 4.00. The average Bonchev–Trinajstić information content (AvgIpc) is 2.65. The monoisotopic (exact) mass is 360 g/mol. The number of hydrogen-bond acceptors (Lipinski definition) is 3. The molecule has 27 heavy (non-hydrogen) atoms. The summed E-state index contributed by atoms with van der Waals surface area (Å²) in [6.07, 6.45) is 4.04. The van der Waals surface area contributed by atoms with Gasteiger partial charge in [-0.05, 0) is 56.0 Å². The predicted octanol–water partition coefficient (Wildman–Crippen LogP) is 5.16. The Kier molecular flexibility index (Phi) is 5.05. The van der Waals surface area contributed by atoms with Gasteiger partial charge in [0.1, 0.15) is 5.75 Å². The molecular weight excluding hydrogens is 336 g/mol. The molecule has 1 aliphatic heterocycles. The minimum Gasteiger partial charge on any atom is -0.496 e. The SMILES string of the molecule is COc1cc2c(cc1C=CC#N)C(C)CC(C)(C)N2C(=O)c1ccccc1. The number of nitriles is 1. The van der Waals surface area contributed by atoms with Crippen LogP contribution in [0.5, 0.6) is 5.75 Å². The van der Waals surface area contributed by atoms with Crippen LogP contribution in [0.4, 0.5) is 5.69 Å². The molecule has 1 amide bonds. The zero-order valence-corrected chi connectivity index (χ0v) is 16.2. The Morgan fingerprint density at radius 2 is 2.00 bits per heavy atom. The van der Waals surface area contributed by atoms with Crippen LogP contribution in [0, 0.1) is 11.3 Å². The summed E-state index contributed by atoms with van der Waals surface area (Å²) >= 11 is 0. The van der Waals surface area contributed by atoms with Crippen molar-refractivity contribution in [1.82, 2.24) is 0 Å². The number of carbonyl (C=O) groups is 1. The van der Waals surface area contributed by atoms with E-state index in [0.29, 0.717) is 11.3 Å². The molecule has 0 saturated carbocycles. The van der Waals surface area contributed by atoms with Gasteiger partial charge < -0.3 is 9.64 Å². The van der Waals surface area contributed by atoms with Crippen molar-refractivity contribution < 1.29 is 9.53 Å². The third kappa shape index (κ3) is 3.46. The number of anilines is 1. The third-order valence-corrected chi connectivity index (χ3v) is 5.12. The molecule has 4 heteroatoms. The number of amides is 1. The molecule has 1 atom stereocenters. The zero-order chi connectivity index (χ0) is 19.6. The highest BCUT2D eigenvalue weighted by atomic mass is 16.5. The minimum atomic E-state index is -0.325. The summed E-state index contributed by atoms with van der Waals surface area (Å²) in [5, 5.41) is 8.86. The molecule has 4 nitrogen and oxygen atoms in total. The van der Waals surface area contributed by atoms with E-state index in [9.17, 15) is 4.79 Å². The van der Waals surface area contributed by atoms with E-state index in [-0.39, 0.29) is 17.4 Å². The van der Waals surface area contributed by atoms with Crippen molar-refractivity contribution in [3.8, 4) is 11.8 Å². The number of hydrogen-bond donors (Lipinski definition) is 0. The van der Waals surface area contributed by atoms with Crippen LogP contribution >= 0.6 is 0 Å². The summed E-state index contributed by atoms with van der Waals surface area (Å²) in [6, 6.07) is 15.3. The smallest absolute Gasteiger partial charge is 0.258 e. The molecule has 0 bridgehead atoms. The molecule has 0 spiro atoms. The van der Waals surface area contributed by atoms with Gasteiger partial charge >= 0.3 is 0 Å². The van der Waals surface area contributed by atoms with Crippen LogP contribution in [-0.2, 0) is 0 Å². The van der Waals surface area contributed by atoms with E-state index >= 15 is 0 Å². The van der Waals surface area contributed by atoms with Gasteiger partial charge in [0, 0.05) is 28.8 Å². The minimum absolute atomic E-state index is 0.0175. The Morgan fingerprint density at radius 1 is 1.30 bits per heavy atom. The largest absolute Gasteiger partial charge is 0.496 e. The number of allylic oxidation sites excluding steroid dienone is 1. The number of nitrogens with zero attached hydrogens (tertiary/aromatic N) is 2. The summed E-state index contributed by atoms with van der Waals surface area (Å²) in [5.74, 6) is 0.919. The van der Waals surface area contributed by atoms with Crippen LogP contribution in [0.25, 0.3) is 6.08 Å². The summed E-state index contributed by atoms with van der Waals surface area (Å²) in [4.78, 5) is 15.3. The second-order valence-electron chi connectivity index (χ2n) is 7.54. The lowest BCUT2D eigenvalue weighted by molar-refractivity contribution is 0.0954. The van der Waals surface area contributed by atoms with E-state index in [1.54, 1.807) is 13.2 Å². The Morgan fingerprint density at radius 3 is 2.63 bits per heavy atom. The summed E-state index contributed by atoms with van der Waals surface area (Å²) in [6.45, 7) is 6.38. The molecule has 3 rings (SSSR count). The van der Waals surface area contributed by atoms with Crippen LogP contribution in [0.3, 0.4) is 0 Å². The van der Waals surface area contributed by atoms with Crippen LogP contribution < -0.4 is 9.64 Å². The molecule has 1 aliphatic rings. The fraction of sp³-hybridized carbons (Fsp3) is 0.304. The van der Waals surface area contributed by atoms with E-state index in [0.717, 1.165) is 23.2 Å². The van der Waals surface area contributed by atoms with E-state index in [4.69, 9.17) is 10.00 Å². The van der Waals surface area contributed by atoms with Crippen molar-refractivity contribution in [2.24, 2.45) is 0 Å². The van der Waals surface area contributed by atoms with Crippen LogP contribution in [0.15, 0.2) is 48.5 Å². The van der Waals surface area contributed by atoms with Gasteiger partial charge in [0.15, 0.2) is 0 Å². The molecule has 0 aromatic heterocycles. The Hall–Kier alpha value is -3.06. The first-order valence-corrected chi connectivity index (χ1v) is 9.06. The normalized spacial score (nSPS) is 18.0. The van der Waals surface area contributed by atoms with Gasteiger partial charge in [-0.25, -0.2) is 0 Å². The first-order chi connectivity index (χ1) is 12.9. The lowest BCUT2D eigenvalue weighted by atomic mass is 9.79. The molecule has 0 N–H and O–H groups in total. The fourth-order valence-electron chi connectivity index (χ4n) is 4.00. The predicted molar refractivity (Wildman–Crippen MR) is 108 cm³/mol. The number of ether oxygens (including phenoxy) is 1. The number of benzene rings is 2. The standard InChI is InChI=1S/C23H24N2O2/c1-16-15-23(2,3)25(22(26)17-9-6-5-7-10-17)20-14-21(27-4)18(11-8-12-24)13-19(16)20/h5-11,13-14,16H,15H2,1-4H3. The van der Waals surface area contributed by atoms with Gasteiger partial charge in [0.2, 0.25) is 0 Å². The van der Waals surface area contributed by atoms with Crippen LogP contribution in [-0.4, -0.2) is 18.6 Å². The number of carbonyl (C=O) groups excluding carboxylic acids is 1. The molecule has 0 aliphatic carbocycles.